The lowest BCUT2D eigenvalue weighted by atomic mass is 10.2. The van der Waals surface area contributed by atoms with Crippen molar-refractivity contribution in [3.05, 3.63) is 30.1 Å². The molecule has 0 aliphatic heterocycles. The molecule has 6 nitrogen and oxygen atoms in total. The third-order valence-corrected chi connectivity index (χ3v) is 2.39. The molecule has 104 valence electrons. The Morgan fingerprint density at radius 1 is 1.42 bits per heavy atom. The highest BCUT2D eigenvalue weighted by Crippen LogP contribution is 1.99. The van der Waals surface area contributed by atoms with Gasteiger partial charge in [-0.25, -0.2) is 0 Å². The summed E-state index contributed by atoms with van der Waals surface area (Å²) in [5, 5.41) is 2.76. The minimum absolute atomic E-state index is 0.122. The number of amides is 1. The van der Waals surface area contributed by atoms with Gasteiger partial charge in [0.1, 0.15) is 12.3 Å². The number of hydrogen-bond acceptors (Lipinski definition) is 5. The lowest BCUT2D eigenvalue weighted by Crippen LogP contribution is -2.39. The molecular formula is C13H18N2O4. The summed E-state index contributed by atoms with van der Waals surface area (Å²) >= 11 is 0. The summed E-state index contributed by atoms with van der Waals surface area (Å²) in [5.41, 5.74) is 0.327. The summed E-state index contributed by atoms with van der Waals surface area (Å²) in [7, 11) is 1.57. The van der Waals surface area contributed by atoms with E-state index < -0.39 is 0 Å². The number of ether oxygens (including phenoxy) is 2. The van der Waals surface area contributed by atoms with Crippen molar-refractivity contribution < 1.29 is 19.1 Å². The van der Waals surface area contributed by atoms with Crippen LogP contribution in [0.1, 0.15) is 23.8 Å². The van der Waals surface area contributed by atoms with Crippen LogP contribution in [0, 0.1) is 0 Å². The van der Waals surface area contributed by atoms with Crippen LogP contribution in [0.3, 0.4) is 0 Å². The first-order chi connectivity index (χ1) is 9.13. The topological polar surface area (TPSA) is 77.5 Å². The smallest absolute Gasteiger partial charge is 0.302 e. The second kappa shape index (κ2) is 8.20. The number of nitrogens with zero attached hydrogens (tertiary/aromatic N) is 1. The molecule has 1 rings (SSSR count). The predicted octanol–water partition coefficient (Wildman–Crippen LogP) is 0.780. The van der Waals surface area contributed by atoms with Crippen LogP contribution in [0.4, 0.5) is 0 Å². The van der Waals surface area contributed by atoms with E-state index in [0.29, 0.717) is 18.7 Å². The van der Waals surface area contributed by atoms with Crippen molar-refractivity contribution in [3.8, 4) is 0 Å². The summed E-state index contributed by atoms with van der Waals surface area (Å²) in [6.45, 7) is 1.92. The van der Waals surface area contributed by atoms with Crippen molar-refractivity contribution in [2.75, 3.05) is 20.3 Å². The third kappa shape index (κ3) is 5.96. The molecule has 1 amide bonds. The standard InChI is InChI=1S/C13H18N2O4/c1-10(16)19-9-11(6-8-18-2)15-13(17)12-5-3-4-7-14-12/h3-5,7,11H,6,8-9H2,1-2H3,(H,15,17)/t11-/m0/s1. The number of carbonyl (C=O) groups excluding carboxylic acids is 2. The van der Waals surface area contributed by atoms with Gasteiger partial charge < -0.3 is 14.8 Å². The van der Waals surface area contributed by atoms with Crippen LogP contribution in [0.15, 0.2) is 24.4 Å². The number of rotatable bonds is 7. The third-order valence-electron chi connectivity index (χ3n) is 2.39. The van der Waals surface area contributed by atoms with E-state index in [1.165, 1.54) is 6.92 Å². The Bertz CT molecular complexity index is 408. The molecular weight excluding hydrogens is 248 g/mol. The van der Waals surface area contributed by atoms with E-state index in [0.717, 1.165) is 0 Å². The van der Waals surface area contributed by atoms with Crippen LogP contribution in [0.25, 0.3) is 0 Å². The summed E-state index contributed by atoms with van der Waals surface area (Å²) in [4.78, 5) is 26.7. The molecule has 0 radical (unpaired) electrons. The van der Waals surface area contributed by atoms with E-state index in [2.05, 4.69) is 10.3 Å². The molecule has 0 aliphatic rings. The van der Waals surface area contributed by atoms with Crippen LogP contribution >= 0.6 is 0 Å². The van der Waals surface area contributed by atoms with Crippen molar-refractivity contribution >= 4 is 11.9 Å². The number of aromatic nitrogens is 1. The van der Waals surface area contributed by atoms with E-state index in [4.69, 9.17) is 9.47 Å². The molecule has 0 bridgehead atoms. The number of esters is 1. The molecule has 1 N–H and O–H groups in total. The zero-order valence-electron chi connectivity index (χ0n) is 11.1. The zero-order chi connectivity index (χ0) is 14.1. The molecule has 0 aromatic carbocycles. The van der Waals surface area contributed by atoms with E-state index in [1.54, 1.807) is 31.5 Å². The van der Waals surface area contributed by atoms with Gasteiger partial charge in [0.2, 0.25) is 0 Å². The first-order valence-electron chi connectivity index (χ1n) is 5.97. The fourth-order valence-corrected chi connectivity index (χ4v) is 1.43. The molecule has 0 spiro atoms. The Hall–Kier alpha value is -1.95. The first-order valence-corrected chi connectivity index (χ1v) is 5.97. The van der Waals surface area contributed by atoms with Gasteiger partial charge in [-0.1, -0.05) is 6.07 Å². The van der Waals surface area contributed by atoms with Crippen LogP contribution in [0.2, 0.25) is 0 Å². The Labute approximate surface area is 112 Å². The van der Waals surface area contributed by atoms with E-state index in [1.807, 2.05) is 0 Å². The predicted molar refractivity (Wildman–Crippen MR) is 68.6 cm³/mol. The highest BCUT2D eigenvalue weighted by Gasteiger charge is 2.15. The van der Waals surface area contributed by atoms with Crippen LogP contribution in [0.5, 0.6) is 0 Å². The van der Waals surface area contributed by atoms with Gasteiger partial charge in [-0.15, -0.1) is 0 Å². The van der Waals surface area contributed by atoms with E-state index in [-0.39, 0.29) is 24.5 Å². The fourth-order valence-electron chi connectivity index (χ4n) is 1.43. The molecule has 0 fully saturated rings. The van der Waals surface area contributed by atoms with Crippen molar-refractivity contribution in [1.82, 2.24) is 10.3 Å². The first kappa shape index (κ1) is 15.1. The van der Waals surface area contributed by atoms with Crippen LogP contribution < -0.4 is 5.32 Å². The average Bonchev–Trinajstić information content (AvgIpc) is 2.42. The zero-order valence-corrected chi connectivity index (χ0v) is 11.1. The Balaban J connectivity index is 2.55. The molecule has 0 saturated carbocycles. The van der Waals surface area contributed by atoms with Crippen LogP contribution in [-0.2, 0) is 14.3 Å². The lowest BCUT2D eigenvalue weighted by Gasteiger charge is -2.17. The summed E-state index contributed by atoms with van der Waals surface area (Å²) in [5.74, 6) is -0.677. The van der Waals surface area contributed by atoms with Gasteiger partial charge in [0.15, 0.2) is 0 Å². The van der Waals surface area contributed by atoms with Gasteiger partial charge in [-0.05, 0) is 18.6 Å². The Kier molecular flexibility index (Phi) is 6.52. The molecule has 6 heteroatoms. The molecule has 0 saturated heterocycles. The second-order valence-corrected chi connectivity index (χ2v) is 3.97. The summed E-state index contributed by atoms with van der Waals surface area (Å²) < 4.78 is 9.87. The van der Waals surface area contributed by atoms with Gasteiger partial charge in [0.05, 0.1) is 6.04 Å². The molecule has 1 aromatic rings. The van der Waals surface area contributed by atoms with Gasteiger partial charge in [0, 0.05) is 26.8 Å². The molecule has 0 unspecified atom stereocenters. The summed E-state index contributed by atoms with van der Waals surface area (Å²) in [6, 6.07) is 4.79. The minimum Gasteiger partial charge on any atom is -0.464 e. The number of hydrogen-bond donors (Lipinski definition) is 1. The van der Waals surface area contributed by atoms with Crippen molar-refractivity contribution in [2.24, 2.45) is 0 Å². The maximum atomic E-state index is 11.9. The van der Waals surface area contributed by atoms with Crippen molar-refractivity contribution in [2.45, 2.75) is 19.4 Å². The monoisotopic (exact) mass is 266 g/mol. The molecule has 1 aromatic heterocycles. The van der Waals surface area contributed by atoms with Gasteiger partial charge in [-0.2, -0.15) is 0 Å². The maximum absolute atomic E-state index is 11.9. The molecule has 1 heterocycles. The second-order valence-electron chi connectivity index (χ2n) is 3.97. The quantitative estimate of drug-likeness (QED) is 0.738. The normalized spacial score (nSPS) is 11.7. The number of nitrogens with one attached hydrogen (secondary N) is 1. The lowest BCUT2D eigenvalue weighted by molar-refractivity contribution is -0.141. The molecule has 0 aliphatic carbocycles. The van der Waals surface area contributed by atoms with Gasteiger partial charge in [-0.3, -0.25) is 14.6 Å². The van der Waals surface area contributed by atoms with E-state index in [9.17, 15) is 9.59 Å². The number of pyridine rings is 1. The SMILES string of the molecule is COCC[C@@H](COC(C)=O)NC(=O)c1ccccn1. The average molecular weight is 266 g/mol. The van der Waals surface area contributed by atoms with E-state index >= 15 is 0 Å². The van der Waals surface area contributed by atoms with Crippen molar-refractivity contribution in [3.63, 3.8) is 0 Å². The van der Waals surface area contributed by atoms with Gasteiger partial charge >= 0.3 is 5.97 Å². The Morgan fingerprint density at radius 2 is 2.21 bits per heavy atom. The van der Waals surface area contributed by atoms with Crippen LogP contribution in [-0.4, -0.2) is 43.2 Å². The number of carbonyl (C=O) groups is 2. The van der Waals surface area contributed by atoms with Crippen molar-refractivity contribution in [1.29, 1.82) is 0 Å². The molecule has 1 atom stereocenters. The molecule has 19 heavy (non-hydrogen) atoms. The summed E-state index contributed by atoms with van der Waals surface area (Å²) in [6.07, 6.45) is 2.10. The highest BCUT2D eigenvalue weighted by molar-refractivity contribution is 5.92. The number of methoxy groups -OCH3 is 1. The fraction of sp³-hybridized carbons (Fsp3) is 0.462. The largest absolute Gasteiger partial charge is 0.464 e. The highest BCUT2D eigenvalue weighted by atomic mass is 16.5. The minimum atomic E-state index is -0.380. The van der Waals surface area contributed by atoms with Gasteiger partial charge in [0.25, 0.3) is 5.91 Å². The maximum Gasteiger partial charge on any atom is 0.302 e. The Morgan fingerprint density at radius 3 is 2.79 bits per heavy atom.